The van der Waals surface area contributed by atoms with E-state index in [1.54, 1.807) is 12.1 Å². The van der Waals surface area contributed by atoms with E-state index < -0.39 is 5.97 Å². The highest BCUT2D eigenvalue weighted by atomic mass is 35.5. The predicted octanol–water partition coefficient (Wildman–Crippen LogP) is 5.22. The van der Waals surface area contributed by atoms with Crippen LogP contribution in [-0.2, 0) is 0 Å². The fourth-order valence-corrected chi connectivity index (χ4v) is 4.29. The third-order valence-corrected chi connectivity index (χ3v) is 6.02. The van der Waals surface area contributed by atoms with E-state index >= 15 is 0 Å². The molecule has 0 aliphatic carbocycles. The van der Waals surface area contributed by atoms with Crippen LogP contribution in [0.1, 0.15) is 10.4 Å². The Morgan fingerprint density at radius 1 is 0.935 bits per heavy atom. The van der Waals surface area contributed by atoms with Crippen molar-refractivity contribution in [3.8, 4) is 11.1 Å². The minimum atomic E-state index is -1.05. The summed E-state index contributed by atoms with van der Waals surface area (Å²) in [5, 5.41) is 13.1. The zero-order chi connectivity index (χ0) is 21.8. The first kappa shape index (κ1) is 21.2. The van der Waals surface area contributed by atoms with Gasteiger partial charge in [0.25, 0.3) is 0 Å². The highest BCUT2D eigenvalue weighted by Gasteiger charge is 2.21. The lowest BCUT2D eigenvalue weighted by atomic mass is 10.0. The van der Waals surface area contributed by atoms with Crippen LogP contribution in [0.15, 0.2) is 72.8 Å². The van der Waals surface area contributed by atoms with Crippen molar-refractivity contribution in [2.24, 2.45) is 0 Å². The van der Waals surface area contributed by atoms with E-state index in [1.807, 2.05) is 6.07 Å². The second-order valence-electron chi connectivity index (χ2n) is 7.29. The second kappa shape index (κ2) is 9.37. The number of piperazine rings is 1. The third-order valence-electron chi connectivity index (χ3n) is 5.35. The van der Waals surface area contributed by atoms with Crippen LogP contribution < -0.4 is 10.2 Å². The van der Waals surface area contributed by atoms with E-state index in [9.17, 15) is 4.79 Å². The SMILES string of the molecule is O=C(O)c1ccc(NC(=S)N2CCN(c3ccccc3-c3ccccc3)CC2)cc1Cl. The standard InChI is InChI=1S/C24H22ClN3O2S/c25-21-16-18(10-11-20(21)23(29)30)26-24(31)28-14-12-27(13-15-28)22-9-5-4-8-19(22)17-6-2-1-3-7-17/h1-11,16H,12-15H2,(H,26,31)(H,29,30). The van der Waals surface area contributed by atoms with Gasteiger partial charge in [-0.3, -0.25) is 0 Å². The number of hydrogen-bond acceptors (Lipinski definition) is 3. The van der Waals surface area contributed by atoms with E-state index in [-0.39, 0.29) is 10.6 Å². The molecular formula is C24H22ClN3O2S. The van der Waals surface area contributed by atoms with E-state index in [0.29, 0.717) is 10.8 Å². The van der Waals surface area contributed by atoms with E-state index in [2.05, 4.69) is 63.6 Å². The normalized spacial score (nSPS) is 13.7. The van der Waals surface area contributed by atoms with E-state index in [1.165, 1.54) is 22.9 Å². The molecule has 0 saturated carbocycles. The Morgan fingerprint density at radius 2 is 1.61 bits per heavy atom. The molecule has 7 heteroatoms. The number of benzene rings is 3. The summed E-state index contributed by atoms with van der Waals surface area (Å²) in [6.45, 7) is 3.28. The number of carbonyl (C=O) groups is 1. The molecule has 1 saturated heterocycles. The molecule has 1 fully saturated rings. The lowest BCUT2D eigenvalue weighted by molar-refractivity contribution is 0.0697. The number of aromatic carboxylic acids is 1. The number of nitrogens with one attached hydrogen (secondary N) is 1. The number of rotatable bonds is 4. The zero-order valence-electron chi connectivity index (χ0n) is 16.8. The topological polar surface area (TPSA) is 55.8 Å². The van der Waals surface area contributed by atoms with Crippen LogP contribution in [-0.4, -0.2) is 47.3 Å². The number of halogens is 1. The second-order valence-corrected chi connectivity index (χ2v) is 8.08. The fraction of sp³-hybridized carbons (Fsp3) is 0.167. The first-order valence-corrected chi connectivity index (χ1v) is 10.8. The summed E-state index contributed by atoms with van der Waals surface area (Å²) in [5.41, 5.74) is 4.41. The highest BCUT2D eigenvalue weighted by molar-refractivity contribution is 7.80. The van der Waals surface area contributed by atoms with Crippen LogP contribution >= 0.6 is 23.8 Å². The van der Waals surface area contributed by atoms with Crippen molar-refractivity contribution in [1.29, 1.82) is 0 Å². The smallest absolute Gasteiger partial charge is 0.337 e. The van der Waals surface area contributed by atoms with Crippen LogP contribution in [0.5, 0.6) is 0 Å². The number of para-hydroxylation sites is 1. The molecule has 0 amide bonds. The van der Waals surface area contributed by atoms with Gasteiger partial charge >= 0.3 is 5.97 Å². The van der Waals surface area contributed by atoms with Crippen molar-refractivity contribution < 1.29 is 9.90 Å². The minimum absolute atomic E-state index is 0.0730. The lowest BCUT2D eigenvalue weighted by Gasteiger charge is -2.38. The molecule has 0 aromatic heterocycles. The highest BCUT2D eigenvalue weighted by Crippen LogP contribution is 2.31. The summed E-state index contributed by atoms with van der Waals surface area (Å²) in [4.78, 5) is 15.6. The van der Waals surface area contributed by atoms with Crippen molar-refractivity contribution >= 4 is 46.3 Å². The third kappa shape index (κ3) is 4.81. The summed E-state index contributed by atoms with van der Waals surface area (Å²) in [5.74, 6) is -1.05. The fourth-order valence-electron chi connectivity index (χ4n) is 3.73. The van der Waals surface area contributed by atoms with Gasteiger partial charge in [-0.1, -0.05) is 60.1 Å². The van der Waals surface area contributed by atoms with Gasteiger partial charge in [-0.25, -0.2) is 4.79 Å². The largest absolute Gasteiger partial charge is 0.478 e. The number of thiocarbonyl (C=S) groups is 1. The number of hydrogen-bond donors (Lipinski definition) is 2. The summed E-state index contributed by atoms with van der Waals surface area (Å²) < 4.78 is 0. The summed E-state index contributed by atoms with van der Waals surface area (Å²) in [7, 11) is 0. The van der Waals surface area contributed by atoms with Gasteiger partial charge in [0.15, 0.2) is 5.11 Å². The van der Waals surface area contributed by atoms with E-state index in [0.717, 1.165) is 26.2 Å². The van der Waals surface area contributed by atoms with Crippen LogP contribution in [0.25, 0.3) is 11.1 Å². The quantitative estimate of drug-likeness (QED) is 0.530. The van der Waals surface area contributed by atoms with Crippen LogP contribution in [0.3, 0.4) is 0 Å². The Kier molecular flexibility index (Phi) is 6.39. The average molecular weight is 452 g/mol. The molecule has 1 heterocycles. The van der Waals surface area contributed by atoms with Gasteiger partial charge in [0, 0.05) is 43.1 Å². The van der Waals surface area contributed by atoms with Gasteiger partial charge in [0.2, 0.25) is 0 Å². The minimum Gasteiger partial charge on any atom is -0.478 e. The first-order chi connectivity index (χ1) is 15.0. The molecule has 31 heavy (non-hydrogen) atoms. The average Bonchev–Trinajstić information content (AvgIpc) is 2.79. The maximum atomic E-state index is 11.1. The number of nitrogens with zero attached hydrogens (tertiary/aromatic N) is 2. The van der Waals surface area contributed by atoms with Gasteiger partial charge in [0.05, 0.1) is 10.6 Å². The molecular weight excluding hydrogens is 430 g/mol. The molecule has 2 N–H and O–H groups in total. The van der Waals surface area contributed by atoms with Crippen molar-refractivity contribution in [3.05, 3.63) is 83.4 Å². The van der Waals surface area contributed by atoms with Gasteiger partial charge in [-0.2, -0.15) is 0 Å². The zero-order valence-corrected chi connectivity index (χ0v) is 18.4. The molecule has 0 spiro atoms. The maximum Gasteiger partial charge on any atom is 0.337 e. The van der Waals surface area contributed by atoms with Crippen molar-refractivity contribution in [3.63, 3.8) is 0 Å². The number of carboxylic acids is 1. The summed E-state index contributed by atoms with van der Waals surface area (Å²) in [6, 6.07) is 23.6. The Labute approximate surface area is 191 Å². The maximum absolute atomic E-state index is 11.1. The molecule has 3 aromatic rings. The molecule has 0 radical (unpaired) electrons. The summed E-state index contributed by atoms with van der Waals surface area (Å²) >= 11 is 11.6. The van der Waals surface area contributed by atoms with Crippen molar-refractivity contribution in [2.45, 2.75) is 0 Å². The molecule has 0 unspecified atom stereocenters. The molecule has 5 nitrogen and oxygen atoms in total. The van der Waals surface area contributed by atoms with Gasteiger partial charge in [-0.05, 0) is 42.0 Å². The number of carboxylic acid groups (broad SMARTS) is 1. The van der Waals surface area contributed by atoms with Gasteiger partial charge in [-0.15, -0.1) is 0 Å². The van der Waals surface area contributed by atoms with Crippen LogP contribution in [0.2, 0.25) is 5.02 Å². The Morgan fingerprint density at radius 3 is 2.29 bits per heavy atom. The molecule has 0 atom stereocenters. The molecule has 4 rings (SSSR count). The van der Waals surface area contributed by atoms with Crippen LogP contribution in [0.4, 0.5) is 11.4 Å². The Hall–Kier alpha value is -3.09. The van der Waals surface area contributed by atoms with Crippen molar-refractivity contribution in [2.75, 3.05) is 36.4 Å². The monoisotopic (exact) mass is 451 g/mol. The van der Waals surface area contributed by atoms with Gasteiger partial charge in [0.1, 0.15) is 0 Å². The predicted molar refractivity (Wildman–Crippen MR) is 130 cm³/mol. The first-order valence-electron chi connectivity index (χ1n) is 10.0. The molecule has 3 aromatic carbocycles. The Bertz CT molecular complexity index is 1100. The van der Waals surface area contributed by atoms with E-state index in [4.69, 9.17) is 28.9 Å². The van der Waals surface area contributed by atoms with Crippen molar-refractivity contribution in [1.82, 2.24) is 4.90 Å². The summed E-state index contributed by atoms with van der Waals surface area (Å²) in [6.07, 6.45) is 0. The Balaban J connectivity index is 1.41. The van der Waals surface area contributed by atoms with Gasteiger partial charge < -0.3 is 20.2 Å². The number of anilines is 2. The lowest BCUT2D eigenvalue weighted by Crippen LogP contribution is -2.50. The molecule has 1 aliphatic heterocycles. The van der Waals surface area contributed by atoms with Crippen LogP contribution in [0, 0.1) is 0 Å². The molecule has 0 bridgehead atoms. The molecule has 158 valence electrons. The molecule has 1 aliphatic rings.